The summed E-state index contributed by atoms with van der Waals surface area (Å²) < 4.78 is 26.1. The summed E-state index contributed by atoms with van der Waals surface area (Å²) in [6.07, 6.45) is 2.41. The number of hydrazine groups is 1. The van der Waals surface area contributed by atoms with E-state index in [2.05, 4.69) is 10.9 Å². The van der Waals surface area contributed by atoms with Gasteiger partial charge in [-0.3, -0.25) is 20.4 Å². The Morgan fingerprint density at radius 1 is 0.957 bits per heavy atom. The van der Waals surface area contributed by atoms with E-state index in [9.17, 15) is 18.4 Å². The molecule has 0 aliphatic heterocycles. The van der Waals surface area contributed by atoms with Crippen LogP contribution >= 0.6 is 0 Å². The van der Waals surface area contributed by atoms with Gasteiger partial charge in [0.05, 0.1) is 6.42 Å². The molecule has 0 radical (unpaired) electrons. The van der Waals surface area contributed by atoms with Crippen molar-refractivity contribution in [1.29, 1.82) is 0 Å². The van der Waals surface area contributed by atoms with E-state index in [4.69, 9.17) is 0 Å². The zero-order valence-corrected chi connectivity index (χ0v) is 12.1. The number of halogens is 2. The number of rotatable bonds is 4. The highest BCUT2D eigenvalue weighted by atomic mass is 19.1. The second-order valence-corrected chi connectivity index (χ2v) is 4.70. The average Bonchev–Trinajstić information content (AvgIpc) is 2.54. The Balaban J connectivity index is 1.81. The Labute approximate surface area is 131 Å². The molecule has 4 nitrogen and oxygen atoms in total. The third kappa shape index (κ3) is 5.35. The molecule has 2 rings (SSSR count). The van der Waals surface area contributed by atoms with Gasteiger partial charge in [0.1, 0.15) is 11.6 Å². The molecule has 2 amide bonds. The molecule has 0 fully saturated rings. The molecule has 0 aliphatic rings. The van der Waals surface area contributed by atoms with Gasteiger partial charge >= 0.3 is 0 Å². The minimum Gasteiger partial charge on any atom is -0.273 e. The Kier molecular flexibility index (Phi) is 5.57. The van der Waals surface area contributed by atoms with Crippen LogP contribution in [0.2, 0.25) is 0 Å². The lowest BCUT2D eigenvalue weighted by molar-refractivity contribution is -0.126. The van der Waals surface area contributed by atoms with Gasteiger partial charge < -0.3 is 0 Å². The highest BCUT2D eigenvalue weighted by Gasteiger charge is 2.04. The van der Waals surface area contributed by atoms with Gasteiger partial charge in [0, 0.05) is 11.6 Å². The third-order valence-corrected chi connectivity index (χ3v) is 2.92. The smallest absolute Gasteiger partial charge is 0.262 e. The molecule has 23 heavy (non-hydrogen) atoms. The second-order valence-electron chi connectivity index (χ2n) is 4.70. The third-order valence-electron chi connectivity index (χ3n) is 2.92. The van der Waals surface area contributed by atoms with Crippen molar-refractivity contribution in [3.8, 4) is 0 Å². The SMILES string of the molecule is O=C(/C=C/c1ccccc1F)NNC(=O)Cc1ccc(F)cc1. The van der Waals surface area contributed by atoms with Crippen molar-refractivity contribution in [1.82, 2.24) is 10.9 Å². The first-order valence-electron chi connectivity index (χ1n) is 6.80. The normalized spacial score (nSPS) is 10.5. The van der Waals surface area contributed by atoms with E-state index in [-0.39, 0.29) is 17.8 Å². The zero-order chi connectivity index (χ0) is 16.7. The van der Waals surface area contributed by atoms with Crippen LogP contribution in [0.25, 0.3) is 6.08 Å². The summed E-state index contributed by atoms with van der Waals surface area (Å²) in [7, 11) is 0. The fourth-order valence-corrected chi connectivity index (χ4v) is 1.78. The van der Waals surface area contributed by atoms with E-state index < -0.39 is 17.6 Å². The summed E-state index contributed by atoms with van der Waals surface area (Å²) in [6.45, 7) is 0. The lowest BCUT2D eigenvalue weighted by Gasteiger charge is -2.05. The van der Waals surface area contributed by atoms with Crippen LogP contribution < -0.4 is 10.9 Å². The summed E-state index contributed by atoms with van der Waals surface area (Å²) in [6, 6.07) is 11.4. The quantitative estimate of drug-likeness (QED) is 0.672. The van der Waals surface area contributed by atoms with E-state index in [0.717, 1.165) is 6.08 Å². The lowest BCUT2D eigenvalue weighted by Crippen LogP contribution is -2.41. The fourth-order valence-electron chi connectivity index (χ4n) is 1.78. The number of nitrogens with one attached hydrogen (secondary N) is 2. The first kappa shape index (κ1) is 16.4. The maximum Gasteiger partial charge on any atom is 0.262 e. The molecule has 2 aromatic carbocycles. The molecular weight excluding hydrogens is 302 g/mol. The topological polar surface area (TPSA) is 58.2 Å². The van der Waals surface area contributed by atoms with Crippen LogP contribution in [0.5, 0.6) is 0 Å². The van der Waals surface area contributed by atoms with Gasteiger partial charge in [-0.15, -0.1) is 0 Å². The van der Waals surface area contributed by atoms with Crippen LogP contribution in [0.3, 0.4) is 0 Å². The second kappa shape index (κ2) is 7.84. The summed E-state index contributed by atoms with van der Waals surface area (Å²) in [4.78, 5) is 23.2. The Morgan fingerprint density at radius 3 is 2.35 bits per heavy atom. The van der Waals surface area contributed by atoms with Crippen LogP contribution in [-0.4, -0.2) is 11.8 Å². The van der Waals surface area contributed by atoms with Crippen molar-refractivity contribution in [3.05, 3.63) is 77.4 Å². The summed E-state index contributed by atoms with van der Waals surface area (Å²) >= 11 is 0. The van der Waals surface area contributed by atoms with Gasteiger partial charge in [-0.05, 0) is 29.8 Å². The molecule has 0 unspecified atom stereocenters. The minimum atomic E-state index is -0.597. The fraction of sp³-hybridized carbons (Fsp3) is 0.0588. The van der Waals surface area contributed by atoms with Crippen molar-refractivity contribution in [3.63, 3.8) is 0 Å². The number of benzene rings is 2. The zero-order valence-electron chi connectivity index (χ0n) is 12.1. The molecule has 0 aliphatic carbocycles. The van der Waals surface area contributed by atoms with E-state index in [1.165, 1.54) is 42.5 Å². The highest BCUT2D eigenvalue weighted by molar-refractivity contribution is 5.93. The summed E-state index contributed by atoms with van der Waals surface area (Å²) in [5.74, 6) is -1.89. The molecule has 6 heteroatoms. The number of carbonyl (C=O) groups excluding carboxylic acids is 2. The van der Waals surface area contributed by atoms with Gasteiger partial charge in [-0.2, -0.15) is 0 Å². The van der Waals surface area contributed by atoms with Crippen LogP contribution in [0, 0.1) is 11.6 Å². The van der Waals surface area contributed by atoms with E-state index in [1.54, 1.807) is 12.1 Å². The molecule has 0 bridgehead atoms. The van der Waals surface area contributed by atoms with Crippen molar-refractivity contribution in [2.24, 2.45) is 0 Å². The molecule has 2 aromatic rings. The standard InChI is InChI=1S/C17H14F2N2O2/c18-14-8-5-12(6-9-14)11-17(23)21-20-16(22)10-7-13-3-1-2-4-15(13)19/h1-10H,11H2,(H,20,22)(H,21,23)/b10-7+. The molecule has 2 N–H and O–H groups in total. The highest BCUT2D eigenvalue weighted by Crippen LogP contribution is 2.07. The number of hydrogen-bond acceptors (Lipinski definition) is 2. The maximum atomic E-state index is 13.3. The van der Waals surface area contributed by atoms with Crippen LogP contribution in [-0.2, 0) is 16.0 Å². The predicted octanol–water partition coefficient (Wildman–Crippen LogP) is 2.37. The van der Waals surface area contributed by atoms with Crippen molar-refractivity contribution < 1.29 is 18.4 Å². The maximum absolute atomic E-state index is 13.3. The van der Waals surface area contributed by atoms with Crippen molar-refractivity contribution in [2.45, 2.75) is 6.42 Å². The molecule has 0 spiro atoms. The number of carbonyl (C=O) groups is 2. The van der Waals surface area contributed by atoms with Crippen LogP contribution in [0.4, 0.5) is 8.78 Å². The predicted molar refractivity (Wildman–Crippen MR) is 81.8 cm³/mol. The van der Waals surface area contributed by atoms with Crippen LogP contribution in [0.15, 0.2) is 54.6 Å². The van der Waals surface area contributed by atoms with Gasteiger partial charge in [-0.25, -0.2) is 8.78 Å². The summed E-state index contributed by atoms with van der Waals surface area (Å²) in [5.41, 5.74) is 5.28. The van der Waals surface area contributed by atoms with Crippen molar-refractivity contribution >= 4 is 17.9 Å². The van der Waals surface area contributed by atoms with E-state index in [1.807, 2.05) is 0 Å². The molecule has 0 heterocycles. The van der Waals surface area contributed by atoms with Gasteiger partial charge in [0.15, 0.2) is 0 Å². The van der Waals surface area contributed by atoms with Crippen LogP contribution in [0.1, 0.15) is 11.1 Å². The molecule has 0 aromatic heterocycles. The largest absolute Gasteiger partial charge is 0.273 e. The van der Waals surface area contributed by atoms with Crippen molar-refractivity contribution in [2.75, 3.05) is 0 Å². The lowest BCUT2D eigenvalue weighted by atomic mass is 10.1. The number of amides is 2. The molecular formula is C17H14F2N2O2. The monoisotopic (exact) mass is 316 g/mol. The molecule has 118 valence electrons. The Bertz CT molecular complexity index is 728. The van der Waals surface area contributed by atoms with Gasteiger partial charge in [0.2, 0.25) is 5.91 Å². The van der Waals surface area contributed by atoms with E-state index in [0.29, 0.717) is 5.56 Å². The van der Waals surface area contributed by atoms with Gasteiger partial charge in [0.25, 0.3) is 5.91 Å². The minimum absolute atomic E-state index is 0.00239. The van der Waals surface area contributed by atoms with E-state index >= 15 is 0 Å². The molecule has 0 saturated carbocycles. The Morgan fingerprint density at radius 2 is 1.65 bits per heavy atom. The summed E-state index contributed by atoms with van der Waals surface area (Å²) in [5, 5.41) is 0. The average molecular weight is 316 g/mol. The first-order chi connectivity index (χ1) is 11.0. The number of hydrogen-bond donors (Lipinski definition) is 2. The molecule has 0 saturated heterocycles. The van der Waals surface area contributed by atoms with Gasteiger partial charge in [-0.1, -0.05) is 30.3 Å². The molecule has 0 atom stereocenters. The Hall–Kier alpha value is -3.02. The first-order valence-corrected chi connectivity index (χ1v) is 6.80.